The molecule has 0 saturated carbocycles. The Morgan fingerprint density at radius 1 is 0.861 bits per heavy atom. The lowest BCUT2D eigenvalue weighted by Crippen LogP contribution is -2.04. The fourth-order valence-corrected chi connectivity index (χ4v) is 4.14. The normalized spacial score (nSPS) is 11.2. The molecule has 0 amide bonds. The average molecular weight is 498 g/mol. The molecule has 0 atom stereocenters. The second-order valence-corrected chi connectivity index (χ2v) is 9.37. The van der Waals surface area contributed by atoms with Crippen molar-refractivity contribution >= 4 is 17.9 Å². The van der Waals surface area contributed by atoms with Crippen molar-refractivity contribution in [1.82, 2.24) is 0 Å². The van der Waals surface area contributed by atoms with Gasteiger partial charge in [0.25, 0.3) is 0 Å². The summed E-state index contributed by atoms with van der Waals surface area (Å²) >= 11 is 0. The number of carbonyl (C=O) groups excluding carboxylic acids is 1. The van der Waals surface area contributed by atoms with E-state index in [0.717, 1.165) is 24.8 Å². The molecule has 0 unspecified atom stereocenters. The molecule has 2 aromatic rings. The maximum Gasteiger partial charge on any atom is 0.306 e. The third kappa shape index (κ3) is 11.1. The number of benzene rings is 2. The average Bonchev–Trinajstić information content (AvgIpc) is 2.89. The minimum Gasteiger partial charge on any atom is -0.505 e. The van der Waals surface area contributed by atoms with E-state index in [9.17, 15) is 20.1 Å². The standard InChI is InChI=1S/C30H43NO5/c1-2-3-4-5-6-7-8-9-10-11-15-19-25-29(34)26(22-27(32)30(25)35)31-21-16-20-28(33)36-23-24-17-13-12-14-18-24/h12-14,17-18,21-22,32,34-35H,2-11,15-16,19-20,23H2,1H3. The molecule has 6 heteroatoms. The second-order valence-electron chi connectivity index (χ2n) is 9.37. The molecule has 0 bridgehead atoms. The Kier molecular flexibility index (Phi) is 14.1. The van der Waals surface area contributed by atoms with Gasteiger partial charge in [-0.15, -0.1) is 0 Å². The number of esters is 1. The van der Waals surface area contributed by atoms with Gasteiger partial charge in [0.05, 0.1) is 6.42 Å². The lowest BCUT2D eigenvalue weighted by atomic mass is 10.0. The first kappa shape index (κ1) is 29.2. The van der Waals surface area contributed by atoms with E-state index in [0.29, 0.717) is 18.4 Å². The van der Waals surface area contributed by atoms with E-state index in [-0.39, 0.29) is 41.9 Å². The summed E-state index contributed by atoms with van der Waals surface area (Å²) in [7, 11) is 0. The topological polar surface area (TPSA) is 99.4 Å². The summed E-state index contributed by atoms with van der Waals surface area (Å²) in [5.41, 5.74) is 1.43. The molecule has 36 heavy (non-hydrogen) atoms. The van der Waals surface area contributed by atoms with Gasteiger partial charge in [0.15, 0.2) is 11.5 Å². The van der Waals surface area contributed by atoms with Crippen molar-refractivity contribution < 1.29 is 24.9 Å². The fourth-order valence-electron chi connectivity index (χ4n) is 4.14. The van der Waals surface area contributed by atoms with Gasteiger partial charge in [0.2, 0.25) is 0 Å². The van der Waals surface area contributed by atoms with Crippen molar-refractivity contribution in [2.24, 2.45) is 4.99 Å². The fraction of sp³-hybridized carbons (Fsp3) is 0.533. The van der Waals surface area contributed by atoms with Gasteiger partial charge >= 0.3 is 5.97 Å². The van der Waals surface area contributed by atoms with Crippen LogP contribution >= 0.6 is 0 Å². The van der Waals surface area contributed by atoms with Crippen molar-refractivity contribution in [3.05, 3.63) is 47.5 Å². The number of hydrogen-bond acceptors (Lipinski definition) is 6. The van der Waals surface area contributed by atoms with Crippen LogP contribution < -0.4 is 0 Å². The molecular formula is C30H43NO5. The highest BCUT2D eigenvalue weighted by atomic mass is 16.5. The molecule has 0 spiro atoms. The van der Waals surface area contributed by atoms with Crippen LogP contribution in [-0.2, 0) is 22.6 Å². The van der Waals surface area contributed by atoms with Gasteiger partial charge in [-0.3, -0.25) is 9.79 Å². The largest absolute Gasteiger partial charge is 0.505 e. The molecular weight excluding hydrogens is 454 g/mol. The number of aromatic hydroxyl groups is 3. The van der Waals surface area contributed by atoms with Gasteiger partial charge < -0.3 is 20.1 Å². The molecule has 0 aliphatic rings. The molecule has 0 saturated heterocycles. The molecule has 2 aromatic carbocycles. The first-order chi connectivity index (χ1) is 17.5. The number of phenolic OH excluding ortho intramolecular Hbond substituents is 3. The first-order valence-corrected chi connectivity index (χ1v) is 13.5. The zero-order chi connectivity index (χ0) is 26.0. The monoisotopic (exact) mass is 497 g/mol. The predicted molar refractivity (Wildman–Crippen MR) is 145 cm³/mol. The van der Waals surface area contributed by atoms with Crippen molar-refractivity contribution in [2.45, 2.75) is 103 Å². The van der Waals surface area contributed by atoms with Crippen LogP contribution in [0.5, 0.6) is 17.2 Å². The molecule has 198 valence electrons. The molecule has 0 aliphatic heterocycles. The maximum absolute atomic E-state index is 11.9. The predicted octanol–water partition coefficient (Wildman–Crippen LogP) is 7.88. The summed E-state index contributed by atoms with van der Waals surface area (Å²) in [5.74, 6) is -1.05. The number of carbonyl (C=O) groups is 1. The number of phenols is 3. The van der Waals surface area contributed by atoms with E-state index >= 15 is 0 Å². The second kappa shape index (κ2) is 17.4. The Labute approximate surface area is 216 Å². The number of nitrogens with zero attached hydrogens (tertiary/aromatic N) is 1. The zero-order valence-corrected chi connectivity index (χ0v) is 21.8. The van der Waals surface area contributed by atoms with Crippen LogP contribution in [0.4, 0.5) is 5.69 Å². The van der Waals surface area contributed by atoms with Crippen molar-refractivity contribution in [3.8, 4) is 17.2 Å². The highest BCUT2D eigenvalue weighted by molar-refractivity contribution is 5.76. The van der Waals surface area contributed by atoms with Crippen LogP contribution in [0.2, 0.25) is 0 Å². The number of hydrogen-bond donors (Lipinski definition) is 3. The van der Waals surface area contributed by atoms with Gasteiger partial charge in [-0.2, -0.15) is 0 Å². The zero-order valence-electron chi connectivity index (χ0n) is 21.8. The van der Waals surface area contributed by atoms with Gasteiger partial charge in [-0.05, 0) is 24.8 Å². The van der Waals surface area contributed by atoms with Gasteiger partial charge in [-0.1, -0.05) is 101 Å². The van der Waals surface area contributed by atoms with Crippen molar-refractivity contribution in [3.63, 3.8) is 0 Å². The van der Waals surface area contributed by atoms with E-state index in [1.807, 2.05) is 30.3 Å². The smallest absolute Gasteiger partial charge is 0.306 e. The van der Waals surface area contributed by atoms with Gasteiger partial charge in [-0.25, -0.2) is 0 Å². The Balaban J connectivity index is 1.71. The number of rotatable bonds is 18. The maximum atomic E-state index is 11.9. The highest BCUT2D eigenvalue weighted by Crippen LogP contribution is 2.43. The minimum absolute atomic E-state index is 0.125. The molecule has 0 heterocycles. The SMILES string of the molecule is CCCCCCCCCCCCCc1c(O)c(O)cc(N=CCCC(=O)OCc2ccccc2)c1O. The Morgan fingerprint density at radius 3 is 2.11 bits per heavy atom. The summed E-state index contributed by atoms with van der Waals surface area (Å²) < 4.78 is 5.24. The molecule has 0 radical (unpaired) electrons. The summed E-state index contributed by atoms with van der Waals surface area (Å²) in [6.07, 6.45) is 15.8. The van der Waals surface area contributed by atoms with E-state index in [1.54, 1.807) is 0 Å². The van der Waals surface area contributed by atoms with Crippen LogP contribution in [0.15, 0.2) is 41.4 Å². The Hall–Kier alpha value is -3.02. The summed E-state index contributed by atoms with van der Waals surface area (Å²) in [6.45, 7) is 2.46. The van der Waals surface area contributed by atoms with Crippen LogP contribution in [0.1, 0.15) is 102 Å². The van der Waals surface area contributed by atoms with Crippen molar-refractivity contribution in [2.75, 3.05) is 0 Å². The third-order valence-electron chi connectivity index (χ3n) is 6.31. The lowest BCUT2D eigenvalue weighted by molar-refractivity contribution is -0.144. The summed E-state index contributed by atoms with van der Waals surface area (Å²) in [4.78, 5) is 16.1. The first-order valence-electron chi connectivity index (χ1n) is 13.5. The van der Waals surface area contributed by atoms with Gasteiger partial charge in [0, 0.05) is 17.8 Å². The Bertz CT molecular complexity index is 927. The lowest BCUT2D eigenvalue weighted by Gasteiger charge is -2.11. The molecule has 0 aromatic heterocycles. The van der Waals surface area contributed by atoms with E-state index in [4.69, 9.17) is 4.74 Å². The third-order valence-corrected chi connectivity index (χ3v) is 6.31. The number of ether oxygens (including phenoxy) is 1. The van der Waals surface area contributed by atoms with Crippen molar-refractivity contribution in [1.29, 1.82) is 0 Å². The number of unbranched alkanes of at least 4 members (excludes halogenated alkanes) is 10. The highest BCUT2D eigenvalue weighted by Gasteiger charge is 2.16. The molecule has 0 fully saturated rings. The van der Waals surface area contributed by atoms with E-state index < -0.39 is 0 Å². The number of aliphatic imine (C=N–C) groups is 1. The van der Waals surface area contributed by atoms with Crippen LogP contribution in [0, 0.1) is 0 Å². The minimum atomic E-state index is -0.333. The summed E-state index contributed by atoms with van der Waals surface area (Å²) in [5, 5.41) is 30.9. The van der Waals surface area contributed by atoms with Crippen LogP contribution in [0.3, 0.4) is 0 Å². The molecule has 6 nitrogen and oxygen atoms in total. The Morgan fingerprint density at radius 2 is 1.47 bits per heavy atom. The summed E-state index contributed by atoms with van der Waals surface area (Å²) in [6, 6.07) is 10.7. The van der Waals surface area contributed by atoms with E-state index in [2.05, 4.69) is 11.9 Å². The van der Waals surface area contributed by atoms with Gasteiger partial charge in [0.1, 0.15) is 18.0 Å². The molecule has 2 rings (SSSR count). The van der Waals surface area contributed by atoms with Crippen LogP contribution in [-0.4, -0.2) is 27.5 Å². The van der Waals surface area contributed by atoms with E-state index in [1.165, 1.54) is 63.6 Å². The molecule has 3 N–H and O–H groups in total. The van der Waals surface area contributed by atoms with Crippen LogP contribution in [0.25, 0.3) is 0 Å². The quantitative estimate of drug-likeness (QED) is 0.0639. The molecule has 0 aliphatic carbocycles.